The summed E-state index contributed by atoms with van der Waals surface area (Å²) in [6.07, 6.45) is 4.66. The van der Waals surface area contributed by atoms with Gasteiger partial charge in [0.1, 0.15) is 23.8 Å². The van der Waals surface area contributed by atoms with Gasteiger partial charge in [-0.25, -0.2) is 15.0 Å². The molecule has 29 heavy (non-hydrogen) atoms. The second-order valence-electron chi connectivity index (χ2n) is 5.86. The molecular formula is C19H17N7O3. The first-order chi connectivity index (χ1) is 14.3. The van der Waals surface area contributed by atoms with Gasteiger partial charge in [0, 0.05) is 31.4 Å². The van der Waals surface area contributed by atoms with Crippen molar-refractivity contribution in [3.63, 3.8) is 0 Å². The third kappa shape index (κ3) is 4.75. The molecule has 0 aliphatic heterocycles. The van der Waals surface area contributed by atoms with Crippen LogP contribution in [-0.2, 0) is 0 Å². The molecule has 0 bridgehead atoms. The number of carbonyl (C=O) groups is 1. The van der Waals surface area contributed by atoms with Crippen LogP contribution in [0.25, 0.3) is 11.5 Å². The molecule has 4 heterocycles. The molecule has 0 saturated heterocycles. The molecule has 0 radical (unpaired) electrons. The van der Waals surface area contributed by atoms with Crippen LogP contribution in [0.15, 0.2) is 70.2 Å². The SMILES string of the molecule is O=C(NCCNc1cc(Nc2ccccn2)ncn1)c1cc(-c2ccco2)on1. The van der Waals surface area contributed by atoms with Gasteiger partial charge >= 0.3 is 0 Å². The van der Waals surface area contributed by atoms with E-state index >= 15 is 0 Å². The summed E-state index contributed by atoms with van der Waals surface area (Å²) in [6, 6.07) is 12.3. The van der Waals surface area contributed by atoms with E-state index in [2.05, 4.69) is 36.1 Å². The lowest BCUT2D eigenvalue weighted by Gasteiger charge is -2.08. The van der Waals surface area contributed by atoms with E-state index in [1.54, 1.807) is 24.4 Å². The molecule has 4 aromatic heterocycles. The Morgan fingerprint density at radius 2 is 1.86 bits per heavy atom. The standard InChI is InChI=1S/C19H17N7O3/c27-19(13-10-15(29-26-13)14-4-3-9-28-14)22-8-7-21-17-11-18(24-12-23-17)25-16-5-1-2-6-20-16/h1-6,9-12H,7-8H2,(H,22,27)(H2,20,21,23,24,25). The van der Waals surface area contributed by atoms with Gasteiger partial charge in [-0.15, -0.1) is 0 Å². The minimum Gasteiger partial charge on any atom is -0.461 e. The number of nitrogens with one attached hydrogen (secondary N) is 3. The van der Waals surface area contributed by atoms with Crippen molar-refractivity contribution in [1.82, 2.24) is 25.4 Å². The predicted molar refractivity (Wildman–Crippen MR) is 105 cm³/mol. The van der Waals surface area contributed by atoms with Crippen molar-refractivity contribution in [2.45, 2.75) is 0 Å². The highest BCUT2D eigenvalue weighted by atomic mass is 16.5. The lowest BCUT2D eigenvalue weighted by atomic mass is 10.3. The molecule has 146 valence electrons. The summed E-state index contributed by atoms with van der Waals surface area (Å²) < 4.78 is 10.3. The fraction of sp³-hybridized carbons (Fsp3) is 0.105. The number of hydrogen-bond acceptors (Lipinski definition) is 9. The van der Waals surface area contributed by atoms with Gasteiger partial charge in [0.2, 0.25) is 5.76 Å². The molecule has 0 aliphatic rings. The number of pyridine rings is 1. The summed E-state index contributed by atoms with van der Waals surface area (Å²) in [5, 5.41) is 12.7. The number of carbonyl (C=O) groups excluding carboxylic acids is 1. The van der Waals surface area contributed by atoms with E-state index in [1.165, 1.54) is 18.7 Å². The van der Waals surface area contributed by atoms with Crippen molar-refractivity contribution in [2.24, 2.45) is 0 Å². The zero-order valence-corrected chi connectivity index (χ0v) is 15.2. The van der Waals surface area contributed by atoms with Crippen LogP contribution in [0, 0.1) is 0 Å². The van der Waals surface area contributed by atoms with Gasteiger partial charge in [-0.1, -0.05) is 11.2 Å². The highest BCUT2D eigenvalue weighted by Gasteiger charge is 2.14. The third-order valence-corrected chi connectivity index (χ3v) is 3.81. The lowest BCUT2D eigenvalue weighted by Crippen LogP contribution is -2.29. The van der Waals surface area contributed by atoms with Crippen molar-refractivity contribution >= 4 is 23.4 Å². The van der Waals surface area contributed by atoms with Crippen molar-refractivity contribution in [1.29, 1.82) is 0 Å². The topological polar surface area (TPSA) is 131 Å². The maximum atomic E-state index is 12.2. The van der Waals surface area contributed by atoms with Crippen LogP contribution >= 0.6 is 0 Å². The number of anilines is 3. The van der Waals surface area contributed by atoms with Gasteiger partial charge < -0.3 is 24.9 Å². The quantitative estimate of drug-likeness (QED) is 0.388. The van der Waals surface area contributed by atoms with Crippen LogP contribution in [0.5, 0.6) is 0 Å². The van der Waals surface area contributed by atoms with Crippen molar-refractivity contribution in [2.75, 3.05) is 23.7 Å². The van der Waals surface area contributed by atoms with Crippen molar-refractivity contribution in [3.8, 4) is 11.5 Å². The smallest absolute Gasteiger partial charge is 0.273 e. The molecule has 0 aliphatic carbocycles. The molecule has 3 N–H and O–H groups in total. The van der Waals surface area contributed by atoms with E-state index in [4.69, 9.17) is 8.94 Å². The summed E-state index contributed by atoms with van der Waals surface area (Å²) in [4.78, 5) is 24.7. The van der Waals surface area contributed by atoms with Crippen LogP contribution in [0.4, 0.5) is 17.5 Å². The van der Waals surface area contributed by atoms with E-state index in [0.29, 0.717) is 42.1 Å². The van der Waals surface area contributed by atoms with Crippen molar-refractivity contribution in [3.05, 3.63) is 66.9 Å². The molecule has 0 spiro atoms. The predicted octanol–water partition coefficient (Wildman–Crippen LogP) is 2.71. The number of nitrogens with zero attached hydrogens (tertiary/aromatic N) is 4. The Bertz CT molecular complexity index is 1060. The number of furan rings is 1. The highest BCUT2D eigenvalue weighted by Crippen LogP contribution is 2.20. The fourth-order valence-corrected chi connectivity index (χ4v) is 2.46. The average molecular weight is 391 g/mol. The first-order valence-corrected chi connectivity index (χ1v) is 8.81. The lowest BCUT2D eigenvalue weighted by molar-refractivity contribution is 0.0946. The van der Waals surface area contributed by atoms with Gasteiger partial charge in [-0.05, 0) is 24.3 Å². The minimum absolute atomic E-state index is 0.181. The van der Waals surface area contributed by atoms with E-state index < -0.39 is 0 Å². The maximum absolute atomic E-state index is 12.2. The zero-order valence-electron chi connectivity index (χ0n) is 15.2. The molecule has 10 nitrogen and oxygen atoms in total. The molecule has 0 aromatic carbocycles. The zero-order chi connectivity index (χ0) is 19.9. The Hall–Kier alpha value is -4.21. The Labute approximate surface area is 165 Å². The van der Waals surface area contributed by atoms with E-state index in [0.717, 1.165) is 0 Å². The highest BCUT2D eigenvalue weighted by molar-refractivity contribution is 5.92. The molecule has 0 unspecified atom stereocenters. The molecular weight excluding hydrogens is 374 g/mol. The number of amides is 1. The molecule has 4 aromatic rings. The largest absolute Gasteiger partial charge is 0.461 e. The summed E-state index contributed by atoms with van der Waals surface area (Å²) in [5.41, 5.74) is 0.181. The van der Waals surface area contributed by atoms with E-state index in [9.17, 15) is 4.79 Å². The number of aromatic nitrogens is 4. The van der Waals surface area contributed by atoms with Crippen LogP contribution < -0.4 is 16.0 Å². The second kappa shape index (κ2) is 8.65. The summed E-state index contributed by atoms with van der Waals surface area (Å²) in [6.45, 7) is 0.837. The Morgan fingerprint density at radius 3 is 2.69 bits per heavy atom. The monoisotopic (exact) mass is 391 g/mol. The van der Waals surface area contributed by atoms with Crippen LogP contribution in [-0.4, -0.2) is 39.1 Å². The fourth-order valence-electron chi connectivity index (χ4n) is 2.46. The van der Waals surface area contributed by atoms with Gasteiger partial charge in [-0.2, -0.15) is 0 Å². The first kappa shape index (κ1) is 18.2. The number of hydrogen-bond donors (Lipinski definition) is 3. The molecule has 0 saturated carbocycles. The maximum Gasteiger partial charge on any atom is 0.273 e. The second-order valence-corrected chi connectivity index (χ2v) is 5.86. The van der Waals surface area contributed by atoms with E-state index in [1.807, 2.05) is 18.2 Å². The average Bonchev–Trinajstić information content (AvgIpc) is 3.44. The Balaban J connectivity index is 1.25. The Kier molecular flexibility index (Phi) is 5.42. The normalized spacial score (nSPS) is 10.5. The molecule has 0 fully saturated rings. The van der Waals surface area contributed by atoms with Crippen LogP contribution in [0.2, 0.25) is 0 Å². The van der Waals surface area contributed by atoms with Crippen LogP contribution in [0.1, 0.15) is 10.5 Å². The van der Waals surface area contributed by atoms with E-state index in [-0.39, 0.29) is 11.6 Å². The summed E-state index contributed by atoms with van der Waals surface area (Å²) >= 11 is 0. The van der Waals surface area contributed by atoms with Crippen molar-refractivity contribution < 1.29 is 13.7 Å². The van der Waals surface area contributed by atoms with Gasteiger partial charge in [0.15, 0.2) is 11.5 Å². The molecule has 1 amide bonds. The van der Waals surface area contributed by atoms with Gasteiger partial charge in [-0.3, -0.25) is 4.79 Å². The van der Waals surface area contributed by atoms with Gasteiger partial charge in [0.05, 0.1) is 6.26 Å². The summed E-state index contributed by atoms with van der Waals surface area (Å²) in [7, 11) is 0. The molecule has 10 heteroatoms. The third-order valence-electron chi connectivity index (χ3n) is 3.81. The minimum atomic E-state index is -0.339. The molecule has 0 atom stereocenters. The van der Waals surface area contributed by atoms with Gasteiger partial charge in [0.25, 0.3) is 5.91 Å². The number of rotatable bonds is 8. The summed E-state index contributed by atoms with van der Waals surface area (Å²) in [5.74, 6) is 2.48. The molecule has 4 rings (SSSR count). The Morgan fingerprint density at radius 1 is 0.931 bits per heavy atom. The first-order valence-electron chi connectivity index (χ1n) is 8.81. The van der Waals surface area contributed by atoms with Crippen LogP contribution in [0.3, 0.4) is 0 Å².